The van der Waals surface area contributed by atoms with Crippen LogP contribution >= 0.6 is 11.8 Å². The zero-order valence-corrected chi connectivity index (χ0v) is 16.4. The number of aliphatic imine (C=N–C) groups is 1. The van der Waals surface area contributed by atoms with Gasteiger partial charge in [0.2, 0.25) is 0 Å². The zero-order valence-electron chi connectivity index (χ0n) is 15.5. The molecular weight excluding hydrogens is 322 g/mol. The fraction of sp³-hybridized carbons (Fsp3) is 0.632. The highest BCUT2D eigenvalue weighted by Gasteiger charge is 2.25. The average Bonchev–Trinajstić information content (AvgIpc) is 2.85. The van der Waals surface area contributed by atoms with Crippen LogP contribution in [0.5, 0.6) is 11.5 Å². The second-order valence-corrected chi connectivity index (χ2v) is 8.83. The van der Waals surface area contributed by atoms with Crippen LogP contribution in [0.3, 0.4) is 0 Å². The van der Waals surface area contributed by atoms with Crippen LogP contribution in [0.4, 0.5) is 0 Å². The van der Waals surface area contributed by atoms with Gasteiger partial charge in [-0.3, -0.25) is 4.99 Å². The van der Waals surface area contributed by atoms with Gasteiger partial charge in [0.05, 0.1) is 23.8 Å². The normalized spacial score (nSPS) is 18.6. The van der Waals surface area contributed by atoms with Gasteiger partial charge in [-0.2, -0.15) is 0 Å². The molecule has 24 heavy (non-hydrogen) atoms. The van der Waals surface area contributed by atoms with E-state index in [0.717, 1.165) is 22.8 Å². The minimum atomic E-state index is -0.431. The summed E-state index contributed by atoms with van der Waals surface area (Å²) in [5.74, 6) is 1.62. The molecule has 0 radical (unpaired) electrons. The summed E-state index contributed by atoms with van der Waals surface area (Å²) in [6.45, 7) is 12.8. The van der Waals surface area contributed by atoms with Gasteiger partial charge in [0.25, 0.3) is 0 Å². The summed E-state index contributed by atoms with van der Waals surface area (Å²) in [7, 11) is 0. The molecule has 0 bridgehead atoms. The van der Waals surface area contributed by atoms with Crippen LogP contribution < -0.4 is 4.74 Å². The van der Waals surface area contributed by atoms with Crippen molar-refractivity contribution in [3.63, 3.8) is 0 Å². The van der Waals surface area contributed by atoms with Gasteiger partial charge in [-0.05, 0) is 53.7 Å². The lowest BCUT2D eigenvalue weighted by atomic mass is 10.1. The average molecular weight is 352 g/mol. The molecule has 1 heterocycles. The summed E-state index contributed by atoms with van der Waals surface area (Å²) < 4.78 is 11.9. The lowest BCUT2D eigenvalue weighted by molar-refractivity contribution is -0.0296. The van der Waals surface area contributed by atoms with Crippen molar-refractivity contribution in [2.45, 2.75) is 65.2 Å². The molecule has 0 amide bonds. The van der Waals surface area contributed by atoms with Crippen molar-refractivity contribution in [1.82, 2.24) is 0 Å². The SMILES string of the molecule is C[C@H]1CSC(c2cccc(OC(C)(C)CCOC(C)(C)C)c2O)=N1. The molecule has 0 fully saturated rings. The van der Waals surface area contributed by atoms with E-state index in [2.05, 4.69) is 11.9 Å². The number of nitrogens with zero attached hydrogens (tertiary/aromatic N) is 1. The number of phenols is 1. The maximum atomic E-state index is 10.6. The lowest BCUT2D eigenvalue weighted by Gasteiger charge is -2.29. The number of hydrogen-bond donors (Lipinski definition) is 1. The molecule has 1 atom stereocenters. The maximum Gasteiger partial charge on any atom is 0.167 e. The second-order valence-electron chi connectivity index (χ2n) is 7.82. The lowest BCUT2D eigenvalue weighted by Crippen LogP contribution is -2.32. The maximum absolute atomic E-state index is 10.6. The third-order valence-corrected chi connectivity index (χ3v) is 4.90. The van der Waals surface area contributed by atoms with Crippen molar-refractivity contribution in [2.24, 2.45) is 4.99 Å². The number of benzene rings is 1. The van der Waals surface area contributed by atoms with Crippen molar-refractivity contribution < 1.29 is 14.6 Å². The molecule has 5 heteroatoms. The Morgan fingerprint density at radius 2 is 1.96 bits per heavy atom. The first-order valence-corrected chi connectivity index (χ1v) is 9.42. The zero-order chi connectivity index (χ0) is 18.0. The summed E-state index contributed by atoms with van der Waals surface area (Å²) in [5, 5.41) is 11.5. The third-order valence-electron chi connectivity index (χ3n) is 3.65. The number of hydrogen-bond acceptors (Lipinski definition) is 5. The summed E-state index contributed by atoms with van der Waals surface area (Å²) in [4.78, 5) is 4.58. The van der Waals surface area contributed by atoms with Crippen LogP contribution in [0, 0.1) is 0 Å². The molecule has 0 aromatic heterocycles. The smallest absolute Gasteiger partial charge is 0.167 e. The van der Waals surface area contributed by atoms with Gasteiger partial charge in [0, 0.05) is 12.2 Å². The monoisotopic (exact) mass is 351 g/mol. The first kappa shape index (κ1) is 19.1. The highest BCUT2D eigenvalue weighted by molar-refractivity contribution is 8.14. The fourth-order valence-corrected chi connectivity index (χ4v) is 3.40. The molecule has 1 aromatic rings. The summed E-state index contributed by atoms with van der Waals surface area (Å²) in [6, 6.07) is 5.88. The molecular formula is C19H29NO3S. The molecule has 1 aliphatic rings. The van der Waals surface area contributed by atoms with Crippen LogP contribution in [-0.4, -0.2) is 39.8 Å². The van der Waals surface area contributed by atoms with E-state index in [0.29, 0.717) is 18.4 Å². The van der Waals surface area contributed by atoms with Crippen LogP contribution in [0.2, 0.25) is 0 Å². The largest absolute Gasteiger partial charge is 0.504 e. The topological polar surface area (TPSA) is 51.0 Å². The van der Waals surface area contributed by atoms with Crippen LogP contribution in [-0.2, 0) is 4.74 Å². The van der Waals surface area contributed by atoms with E-state index in [1.54, 1.807) is 17.8 Å². The third kappa shape index (κ3) is 5.42. The number of rotatable bonds is 6. The predicted molar refractivity (Wildman–Crippen MR) is 102 cm³/mol. The Morgan fingerprint density at radius 3 is 2.54 bits per heavy atom. The summed E-state index contributed by atoms with van der Waals surface area (Å²) >= 11 is 1.68. The fourth-order valence-electron chi connectivity index (χ4n) is 2.35. The van der Waals surface area contributed by atoms with Crippen LogP contribution in [0.25, 0.3) is 0 Å². The minimum absolute atomic E-state index is 0.160. The summed E-state index contributed by atoms with van der Waals surface area (Å²) in [5.41, 5.74) is 0.162. The van der Waals surface area contributed by atoms with E-state index in [9.17, 15) is 5.11 Å². The Hall–Kier alpha value is -1.20. The Morgan fingerprint density at radius 1 is 1.25 bits per heavy atom. The predicted octanol–water partition coefficient (Wildman–Crippen LogP) is 4.64. The molecule has 0 unspecified atom stereocenters. The number of ether oxygens (including phenoxy) is 2. The van der Waals surface area contributed by atoms with Gasteiger partial charge in [-0.1, -0.05) is 6.07 Å². The quantitative estimate of drug-likeness (QED) is 0.811. The molecule has 0 saturated heterocycles. The number of phenolic OH excluding ortho intramolecular Hbond substituents is 1. The van der Waals surface area contributed by atoms with Crippen LogP contribution in [0.15, 0.2) is 23.2 Å². The van der Waals surface area contributed by atoms with E-state index in [1.807, 2.05) is 46.8 Å². The number of thioether (sulfide) groups is 1. The molecule has 2 rings (SSSR count). The molecule has 4 nitrogen and oxygen atoms in total. The molecule has 1 N–H and O–H groups in total. The van der Waals surface area contributed by atoms with Gasteiger partial charge in [-0.25, -0.2) is 0 Å². The number of aromatic hydroxyl groups is 1. The van der Waals surface area contributed by atoms with Crippen molar-refractivity contribution in [2.75, 3.05) is 12.4 Å². The highest BCUT2D eigenvalue weighted by Crippen LogP contribution is 2.37. The van der Waals surface area contributed by atoms with Crippen molar-refractivity contribution in [3.05, 3.63) is 23.8 Å². The van der Waals surface area contributed by atoms with E-state index >= 15 is 0 Å². The van der Waals surface area contributed by atoms with Gasteiger partial charge in [0.15, 0.2) is 11.5 Å². The van der Waals surface area contributed by atoms with Gasteiger partial charge in [-0.15, -0.1) is 11.8 Å². The summed E-state index contributed by atoms with van der Waals surface area (Å²) in [6.07, 6.45) is 0.737. The minimum Gasteiger partial charge on any atom is -0.504 e. The van der Waals surface area contributed by atoms with Gasteiger partial charge >= 0.3 is 0 Å². The van der Waals surface area contributed by atoms with Crippen molar-refractivity contribution >= 4 is 16.8 Å². The van der Waals surface area contributed by atoms with E-state index in [-0.39, 0.29) is 11.4 Å². The number of para-hydroxylation sites is 1. The Labute approximate surface area is 149 Å². The molecule has 0 saturated carbocycles. The first-order chi connectivity index (χ1) is 11.1. The highest BCUT2D eigenvalue weighted by atomic mass is 32.2. The standard InChI is InChI=1S/C19H29NO3S/c1-13-12-24-17(20-13)14-8-7-9-15(16(14)21)23-19(5,6)10-11-22-18(2,3)4/h7-9,13,21H,10-12H2,1-6H3/t13-/m0/s1. The Balaban J connectivity index is 2.08. The molecule has 0 aliphatic carbocycles. The van der Waals surface area contributed by atoms with E-state index in [1.165, 1.54) is 0 Å². The Kier molecular flexibility index (Phi) is 5.87. The van der Waals surface area contributed by atoms with Crippen molar-refractivity contribution in [1.29, 1.82) is 0 Å². The van der Waals surface area contributed by atoms with Crippen molar-refractivity contribution in [3.8, 4) is 11.5 Å². The molecule has 134 valence electrons. The van der Waals surface area contributed by atoms with Crippen LogP contribution in [0.1, 0.15) is 53.5 Å². The van der Waals surface area contributed by atoms with Gasteiger partial charge in [0.1, 0.15) is 10.6 Å². The second kappa shape index (κ2) is 7.36. The molecule has 1 aromatic carbocycles. The Bertz CT molecular complexity index is 605. The molecule has 0 spiro atoms. The van der Waals surface area contributed by atoms with E-state index in [4.69, 9.17) is 9.47 Å². The first-order valence-electron chi connectivity index (χ1n) is 8.43. The van der Waals surface area contributed by atoms with Gasteiger partial charge < -0.3 is 14.6 Å². The molecule has 1 aliphatic heterocycles. The van der Waals surface area contributed by atoms with E-state index < -0.39 is 5.60 Å².